The first-order valence-corrected chi connectivity index (χ1v) is 6.19. The van der Waals surface area contributed by atoms with Gasteiger partial charge in [0.2, 0.25) is 0 Å². The van der Waals surface area contributed by atoms with E-state index in [9.17, 15) is 4.79 Å². The molecule has 1 aromatic rings. The average Bonchev–Trinajstić information content (AvgIpc) is 2.37. The van der Waals surface area contributed by atoms with Gasteiger partial charge in [-0.25, -0.2) is 0 Å². The van der Waals surface area contributed by atoms with Crippen LogP contribution in [0.5, 0.6) is 0 Å². The minimum absolute atomic E-state index is 0.193. The number of pyridine rings is 1. The molecule has 1 aromatic heterocycles. The van der Waals surface area contributed by atoms with Gasteiger partial charge in [-0.05, 0) is 37.6 Å². The van der Waals surface area contributed by atoms with Crippen molar-refractivity contribution in [1.29, 1.82) is 0 Å². The molecule has 0 aliphatic carbocycles. The maximum Gasteiger partial charge on any atom is 0.127 e. The topological polar surface area (TPSA) is 33.2 Å². The minimum atomic E-state index is -0.193. The van der Waals surface area contributed by atoms with Crippen molar-refractivity contribution in [2.75, 3.05) is 13.6 Å². The van der Waals surface area contributed by atoms with Gasteiger partial charge < -0.3 is 9.69 Å². The average molecular weight is 234 g/mol. The normalized spacial score (nSPS) is 11.8. The summed E-state index contributed by atoms with van der Waals surface area (Å²) in [5.41, 5.74) is 1.04. The Morgan fingerprint density at radius 3 is 2.35 bits per heavy atom. The Morgan fingerprint density at radius 1 is 1.29 bits per heavy atom. The SMILES string of the molecule is CCC(C=O)(CC)CN(C)Cc1ccncc1. The van der Waals surface area contributed by atoms with Crippen molar-refractivity contribution in [2.45, 2.75) is 33.2 Å². The van der Waals surface area contributed by atoms with Crippen molar-refractivity contribution in [3.8, 4) is 0 Å². The summed E-state index contributed by atoms with van der Waals surface area (Å²) in [5, 5.41) is 0. The fourth-order valence-electron chi connectivity index (χ4n) is 2.07. The molecular formula is C14H22N2O. The molecule has 0 aliphatic rings. The molecule has 0 aliphatic heterocycles. The Morgan fingerprint density at radius 2 is 1.88 bits per heavy atom. The highest BCUT2D eigenvalue weighted by atomic mass is 16.1. The largest absolute Gasteiger partial charge is 0.303 e. The van der Waals surface area contributed by atoms with Crippen molar-refractivity contribution in [1.82, 2.24) is 9.88 Å². The van der Waals surface area contributed by atoms with Crippen LogP contribution in [0.2, 0.25) is 0 Å². The Balaban J connectivity index is 2.59. The lowest BCUT2D eigenvalue weighted by Crippen LogP contribution is -2.35. The van der Waals surface area contributed by atoms with E-state index < -0.39 is 0 Å². The van der Waals surface area contributed by atoms with Gasteiger partial charge >= 0.3 is 0 Å². The second-order valence-electron chi connectivity index (χ2n) is 4.72. The minimum Gasteiger partial charge on any atom is -0.303 e. The lowest BCUT2D eigenvalue weighted by molar-refractivity contribution is -0.117. The predicted octanol–water partition coefficient (Wildman–Crippen LogP) is 2.52. The molecule has 0 amide bonds. The molecule has 94 valence electrons. The second-order valence-corrected chi connectivity index (χ2v) is 4.72. The van der Waals surface area contributed by atoms with Crippen molar-refractivity contribution in [2.24, 2.45) is 5.41 Å². The van der Waals surface area contributed by atoms with Crippen LogP contribution >= 0.6 is 0 Å². The molecule has 1 heterocycles. The Labute approximate surface area is 104 Å². The van der Waals surface area contributed by atoms with Crippen LogP contribution in [0.4, 0.5) is 0 Å². The zero-order valence-electron chi connectivity index (χ0n) is 11.0. The van der Waals surface area contributed by atoms with Crippen LogP contribution in [0.25, 0.3) is 0 Å². The van der Waals surface area contributed by atoms with Gasteiger partial charge in [-0.2, -0.15) is 0 Å². The van der Waals surface area contributed by atoms with Crippen molar-refractivity contribution < 1.29 is 4.79 Å². The first-order valence-electron chi connectivity index (χ1n) is 6.19. The number of aldehydes is 1. The van der Waals surface area contributed by atoms with Crippen LogP contribution in [0.15, 0.2) is 24.5 Å². The lowest BCUT2D eigenvalue weighted by Gasteiger charge is -2.30. The van der Waals surface area contributed by atoms with E-state index in [1.54, 1.807) is 12.4 Å². The van der Waals surface area contributed by atoms with E-state index in [-0.39, 0.29) is 5.41 Å². The molecule has 0 N–H and O–H groups in total. The summed E-state index contributed by atoms with van der Waals surface area (Å²) in [5.74, 6) is 0. The maximum absolute atomic E-state index is 11.2. The molecule has 17 heavy (non-hydrogen) atoms. The molecule has 0 bridgehead atoms. The molecule has 0 radical (unpaired) electrons. The molecule has 0 spiro atoms. The molecule has 3 nitrogen and oxygen atoms in total. The Bertz CT molecular complexity index is 333. The Hall–Kier alpha value is -1.22. The van der Waals surface area contributed by atoms with Crippen molar-refractivity contribution >= 4 is 6.29 Å². The molecule has 0 fully saturated rings. The number of carbonyl (C=O) groups is 1. The van der Waals surface area contributed by atoms with Gasteiger partial charge in [-0.3, -0.25) is 4.98 Å². The summed E-state index contributed by atoms with van der Waals surface area (Å²) < 4.78 is 0. The van der Waals surface area contributed by atoms with Gasteiger partial charge in [0.15, 0.2) is 0 Å². The standard InChI is InChI=1S/C14H22N2O/c1-4-14(5-2,12-17)11-16(3)10-13-6-8-15-9-7-13/h6-9,12H,4-5,10-11H2,1-3H3. The van der Waals surface area contributed by atoms with E-state index in [1.165, 1.54) is 5.56 Å². The van der Waals surface area contributed by atoms with Crippen LogP contribution in [-0.2, 0) is 11.3 Å². The quantitative estimate of drug-likeness (QED) is 0.680. The summed E-state index contributed by atoms with van der Waals surface area (Å²) in [6.07, 6.45) is 6.52. The highest BCUT2D eigenvalue weighted by Crippen LogP contribution is 2.24. The third kappa shape index (κ3) is 3.93. The lowest BCUT2D eigenvalue weighted by atomic mass is 9.83. The highest BCUT2D eigenvalue weighted by Gasteiger charge is 2.26. The van der Waals surface area contributed by atoms with Gasteiger partial charge in [0.05, 0.1) is 0 Å². The first kappa shape index (κ1) is 13.8. The third-order valence-electron chi connectivity index (χ3n) is 3.44. The predicted molar refractivity (Wildman–Crippen MR) is 69.7 cm³/mol. The van der Waals surface area contributed by atoms with Crippen LogP contribution in [0.1, 0.15) is 32.3 Å². The molecule has 0 saturated heterocycles. The van der Waals surface area contributed by atoms with E-state index in [1.807, 2.05) is 12.1 Å². The zero-order valence-corrected chi connectivity index (χ0v) is 11.0. The van der Waals surface area contributed by atoms with Gasteiger partial charge in [0.1, 0.15) is 6.29 Å². The van der Waals surface area contributed by atoms with E-state index in [0.29, 0.717) is 0 Å². The number of hydrogen-bond donors (Lipinski definition) is 0. The monoisotopic (exact) mass is 234 g/mol. The van der Waals surface area contributed by atoms with Crippen LogP contribution in [0.3, 0.4) is 0 Å². The summed E-state index contributed by atoms with van der Waals surface area (Å²) in [7, 11) is 2.06. The third-order valence-corrected chi connectivity index (χ3v) is 3.44. The Kier molecular flexibility index (Phi) is 5.29. The van der Waals surface area contributed by atoms with E-state index in [0.717, 1.165) is 32.2 Å². The fraction of sp³-hybridized carbons (Fsp3) is 0.571. The van der Waals surface area contributed by atoms with E-state index in [4.69, 9.17) is 0 Å². The molecule has 0 aromatic carbocycles. The van der Waals surface area contributed by atoms with Crippen molar-refractivity contribution in [3.63, 3.8) is 0 Å². The van der Waals surface area contributed by atoms with Gasteiger partial charge in [-0.1, -0.05) is 13.8 Å². The molecule has 0 atom stereocenters. The van der Waals surface area contributed by atoms with Crippen molar-refractivity contribution in [3.05, 3.63) is 30.1 Å². The van der Waals surface area contributed by atoms with Crippen LogP contribution in [-0.4, -0.2) is 29.8 Å². The smallest absolute Gasteiger partial charge is 0.127 e. The second kappa shape index (κ2) is 6.50. The molecular weight excluding hydrogens is 212 g/mol. The van der Waals surface area contributed by atoms with E-state index in [2.05, 4.69) is 30.8 Å². The zero-order chi connectivity index (χ0) is 12.7. The summed E-state index contributed by atoms with van der Waals surface area (Å²) in [4.78, 5) is 17.4. The van der Waals surface area contributed by atoms with Gasteiger partial charge in [0.25, 0.3) is 0 Å². The summed E-state index contributed by atoms with van der Waals surface area (Å²) in [6.45, 7) is 5.83. The molecule has 1 rings (SSSR count). The number of aromatic nitrogens is 1. The summed E-state index contributed by atoms with van der Waals surface area (Å²) in [6, 6.07) is 4.02. The van der Waals surface area contributed by atoms with Gasteiger partial charge in [-0.15, -0.1) is 0 Å². The molecule has 3 heteroatoms. The number of rotatable bonds is 7. The number of carbonyl (C=O) groups excluding carboxylic acids is 1. The van der Waals surface area contributed by atoms with Crippen LogP contribution < -0.4 is 0 Å². The number of nitrogens with zero attached hydrogens (tertiary/aromatic N) is 2. The molecule has 0 unspecified atom stereocenters. The highest BCUT2D eigenvalue weighted by molar-refractivity contribution is 5.59. The maximum atomic E-state index is 11.2. The van der Waals surface area contributed by atoms with E-state index >= 15 is 0 Å². The van der Waals surface area contributed by atoms with Crippen LogP contribution in [0, 0.1) is 5.41 Å². The molecule has 0 saturated carbocycles. The summed E-state index contributed by atoms with van der Waals surface area (Å²) >= 11 is 0. The van der Waals surface area contributed by atoms with Gasteiger partial charge in [0, 0.05) is 30.9 Å². The first-order chi connectivity index (χ1) is 8.15. The number of hydrogen-bond acceptors (Lipinski definition) is 3. The fourth-order valence-corrected chi connectivity index (χ4v) is 2.07.